The van der Waals surface area contributed by atoms with Gasteiger partial charge < -0.3 is 19.6 Å². The second-order valence-corrected chi connectivity index (χ2v) is 11.4. The van der Waals surface area contributed by atoms with Crippen LogP contribution in [0.1, 0.15) is 43.5 Å². The van der Waals surface area contributed by atoms with E-state index in [0.29, 0.717) is 44.0 Å². The maximum atomic E-state index is 13.0. The summed E-state index contributed by atoms with van der Waals surface area (Å²) in [5, 5.41) is 11.4. The molecule has 190 valence electrons. The number of H-pyrrole nitrogens is 1. The molecule has 9 heteroatoms. The fraction of sp³-hybridized carbons (Fsp3) is 0.760. The van der Waals surface area contributed by atoms with Crippen LogP contribution in [0.25, 0.3) is 10.2 Å². The number of rotatable bonds is 11. The monoisotopic (exact) mass is 492 g/mol. The van der Waals surface area contributed by atoms with Crippen LogP contribution in [-0.4, -0.2) is 90.1 Å². The summed E-state index contributed by atoms with van der Waals surface area (Å²) in [4.78, 5) is 27.7. The first kappa shape index (κ1) is 25.7. The molecule has 3 heterocycles. The minimum Gasteiger partial charge on any atom is -0.389 e. The van der Waals surface area contributed by atoms with Gasteiger partial charge in [0.2, 0.25) is 0 Å². The minimum atomic E-state index is -0.588. The number of fused-ring (bicyclic) bond motifs is 3. The zero-order chi connectivity index (χ0) is 24.1. The number of aryl methyl sites for hydroxylation is 1. The Morgan fingerprint density at radius 3 is 2.88 bits per heavy atom. The first-order chi connectivity index (χ1) is 16.4. The van der Waals surface area contributed by atoms with Crippen molar-refractivity contribution in [3.63, 3.8) is 0 Å². The maximum absolute atomic E-state index is 13.0. The third-order valence-electron chi connectivity index (χ3n) is 6.65. The van der Waals surface area contributed by atoms with Crippen LogP contribution in [0.5, 0.6) is 0 Å². The molecule has 2 aliphatic rings. The van der Waals surface area contributed by atoms with Crippen molar-refractivity contribution in [1.82, 2.24) is 19.8 Å². The molecule has 0 spiro atoms. The first-order valence-corrected chi connectivity index (χ1v) is 13.5. The Balaban J connectivity index is 1.46. The minimum absolute atomic E-state index is 0.0269. The standard InChI is InChI=1S/C25H40N4O4S/c1-17(2)15-33-16-19(30)13-29(7-6-28-8-10-32-11-9-28)14-22-26-24(31)23-20-5-4-18(3)12-21(20)34-25(23)27-22/h17-19,30H,4-16H2,1-3H3,(H,26,27,31). The van der Waals surface area contributed by atoms with Crippen LogP contribution >= 0.6 is 11.3 Å². The lowest BCUT2D eigenvalue weighted by molar-refractivity contribution is 0.000565. The number of nitrogens with zero attached hydrogens (tertiary/aromatic N) is 3. The van der Waals surface area contributed by atoms with E-state index in [2.05, 4.69) is 35.6 Å². The van der Waals surface area contributed by atoms with Crippen LogP contribution in [0.3, 0.4) is 0 Å². The number of morpholine rings is 1. The predicted octanol–water partition coefficient (Wildman–Crippen LogP) is 2.28. The third-order valence-corrected chi connectivity index (χ3v) is 7.80. The number of hydrogen-bond acceptors (Lipinski definition) is 8. The van der Waals surface area contributed by atoms with Crippen molar-refractivity contribution in [3.8, 4) is 0 Å². The van der Waals surface area contributed by atoms with Crippen LogP contribution in [0.15, 0.2) is 4.79 Å². The normalized spacial score (nSPS) is 20.4. The first-order valence-electron chi connectivity index (χ1n) is 12.7. The van der Waals surface area contributed by atoms with Gasteiger partial charge in [-0.1, -0.05) is 20.8 Å². The highest BCUT2D eigenvalue weighted by Crippen LogP contribution is 2.35. The van der Waals surface area contributed by atoms with Gasteiger partial charge in [-0.15, -0.1) is 11.3 Å². The van der Waals surface area contributed by atoms with E-state index >= 15 is 0 Å². The fourth-order valence-corrected chi connectivity index (χ4v) is 6.22. The Hall–Kier alpha value is -1.36. The highest BCUT2D eigenvalue weighted by atomic mass is 32.1. The topological polar surface area (TPSA) is 90.9 Å². The van der Waals surface area contributed by atoms with E-state index in [1.54, 1.807) is 11.3 Å². The number of aromatic nitrogens is 2. The summed E-state index contributed by atoms with van der Waals surface area (Å²) in [7, 11) is 0. The summed E-state index contributed by atoms with van der Waals surface area (Å²) >= 11 is 1.68. The van der Waals surface area contributed by atoms with E-state index in [1.165, 1.54) is 10.4 Å². The summed E-state index contributed by atoms with van der Waals surface area (Å²) in [5.74, 6) is 1.76. The fourth-order valence-electron chi connectivity index (χ4n) is 4.81. The van der Waals surface area contributed by atoms with Crippen LogP contribution in [0.4, 0.5) is 0 Å². The van der Waals surface area contributed by atoms with Gasteiger partial charge >= 0.3 is 0 Å². The lowest BCUT2D eigenvalue weighted by Gasteiger charge is -2.30. The summed E-state index contributed by atoms with van der Waals surface area (Å²) in [6.45, 7) is 13.4. The van der Waals surface area contributed by atoms with E-state index in [4.69, 9.17) is 14.5 Å². The van der Waals surface area contributed by atoms with Gasteiger partial charge in [0.1, 0.15) is 10.7 Å². The molecule has 0 saturated carbocycles. The summed E-state index contributed by atoms with van der Waals surface area (Å²) in [6.07, 6.45) is 2.55. The van der Waals surface area contributed by atoms with Crippen molar-refractivity contribution < 1.29 is 14.6 Å². The predicted molar refractivity (Wildman–Crippen MR) is 136 cm³/mol. The molecule has 2 aromatic heterocycles. The third kappa shape index (κ3) is 6.86. The molecule has 2 unspecified atom stereocenters. The highest BCUT2D eigenvalue weighted by molar-refractivity contribution is 7.18. The number of thiophene rings is 1. The molecule has 1 saturated heterocycles. The van der Waals surface area contributed by atoms with E-state index < -0.39 is 6.10 Å². The average molecular weight is 493 g/mol. The van der Waals surface area contributed by atoms with Crippen molar-refractivity contribution in [1.29, 1.82) is 0 Å². The molecule has 1 aliphatic heterocycles. The molecule has 2 atom stereocenters. The molecular weight excluding hydrogens is 452 g/mol. The molecule has 8 nitrogen and oxygen atoms in total. The second-order valence-electron chi connectivity index (χ2n) is 10.3. The number of aromatic amines is 1. The van der Waals surface area contributed by atoms with Gasteiger partial charge in [-0.25, -0.2) is 4.98 Å². The molecular formula is C25H40N4O4S. The lowest BCUT2D eigenvalue weighted by atomic mass is 9.89. The molecule has 0 amide bonds. The maximum Gasteiger partial charge on any atom is 0.259 e. The summed E-state index contributed by atoms with van der Waals surface area (Å²) in [6, 6.07) is 0. The summed E-state index contributed by atoms with van der Waals surface area (Å²) in [5.41, 5.74) is 1.18. The van der Waals surface area contributed by atoms with E-state index in [9.17, 15) is 9.90 Å². The van der Waals surface area contributed by atoms with Gasteiger partial charge in [0.15, 0.2) is 0 Å². The number of ether oxygens (including phenoxy) is 2. The van der Waals surface area contributed by atoms with Crippen LogP contribution < -0.4 is 5.56 Å². The lowest BCUT2D eigenvalue weighted by Crippen LogP contribution is -2.43. The Kier molecular flexibility index (Phi) is 9.12. The van der Waals surface area contributed by atoms with Crippen molar-refractivity contribution >= 4 is 21.6 Å². The van der Waals surface area contributed by atoms with Crippen molar-refractivity contribution in [2.75, 3.05) is 59.2 Å². The molecule has 4 rings (SSSR count). The molecule has 34 heavy (non-hydrogen) atoms. The highest BCUT2D eigenvalue weighted by Gasteiger charge is 2.24. The van der Waals surface area contributed by atoms with Gasteiger partial charge in [0, 0.05) is 44.2 Å². The van der Waals surface area contributed by atoms with E-state index in [0.717, 1.165) is 68.9 Å². The molecule has 2 aromatic rings. The Morgan fingerprint density at radius 2 is 2.12 bits per heavy atom. The Labute approximate surface area is 206 Å². The molecule has 0 radical (unpaired) electrons. The molecule has 1 fully saturated rings. The van der Waals surface area contributed by atoms with Crippen LogP contribution in [0.2, 0.25) is 0 Å². The number of aliphatic hydroxyl groups is 1. The molecule has 1 aliphatic carbocycles. The zero-order valence-corrected chi connectivity index (χ0v) is 21.7. The van der Waals surface area contributed by atoms with Crippen molar-refractivity contribution in [2.24, 2.45) is 11.8 Å². The van der Waals surface area contributed by atoms with Gasteiger partial charge in [-0.05, 0) is 36.7 Å². The molecule has 2 N–H and O–H groups in total. The Morgan fingerprint density at radius 1 is 1.32 bits per heavy atom. The van der Waals surface area contributed by atoms with Gasteiger partial charge in [-0.3, -0.25) is 14.6 Å². The number of aliphatic hydroxyl groups excluding tert-OH is 1. The van der Waals surface area contributed by atoms with Crippen LogP contribution in [-0.2, 0) is 28.9 Å². The van der Waals surface area contributed by atoms with Gasteiger partial charge in [0.05, 0.1) is 37.9 Å². The van der Waals surface area contributed by atoms with E-state index in [1.807, 2.05) is 0 Å². The average Bonchev–Trinajstić information content (AvgIpc) is 3.15. The summed E-state index contributed by atoms with van der Waals surface area (Å²) < 4.78 is 11.1. The number of nitrogens with one attached hydrogen (secondary N) is 1. The second kappa shape index (κ2) is 12.1. The van der Waals surface area contributed by atoms with Crippen molar-refractivity contribution in [3.05, 3.63) is 26.6 Å². The van der Waals surface area contributed by atoms with Gasteiger partial charge in [0.25, 0.3) is 5.56 Å². The number of hydrogen-bond donors (Lipinski definition) is 2. The van der Waals surface area contributed by atoms with E-state index in [-0.39, 0.29) is 5.56 Å². The zero-order valence-electron chi connectivity index (χ0n) is 20.8. The molecule has 0 aromatic carbocycles. The molecule has 0 bridgehead atoms. The smallest absolute Gasteiger partial charge is 0.259 e. The van der Waals surface area contributed by atoms with Gasteiger partial charge in [-0.2, -0.15) is 0 Å². The SMILES string of the molecule is CC(C)COCC(O)CN(CCN1CCOCC1)Cc1nc2sc3c(c2c(=O)[nH]1)CCC(C)C3. The van der Waals surface area contributed by atoms with Crippen LogP contribution in [0, 0.1) is 11.8 Å². The largest absolute Gasteiger partial charge is 0.389 e. The Bertz CT molecular complexity index is 985. The van der Waals surface area contributed by atoms with Crippen molar-refractivity contribution in [2.45, 2.75) is 52.7 Å². The quantitative estimate of drug-likeness (QED) is 0.497.